The zero-order valence-corrected chi connectivity index (χ0v) is 6.32. The fourth-order valence-corrected chi connectivity index (χ4v) is 1.63. The SMILES string of the molecule is C[C@@H]1CCCC[C@H]1S. The van der Waals surface area contributed by atoms with Crippen molar-refractivity contribution in [2.75, 3.05) is 0 Å². The molecule has 0 amide bonds. The summed E-state index contributed by atoms with van der Waals surface area (Å²) in [6.45, 7) is 2.30. The van der Waals surface area contributed by atoms with Gasteiger partial charge in [0.2, 0.25) is 0 Å². The van der Waals surface area contributed by atoms with Gasteiger partial charge in [-0.05, 0) is 18.8 Å². The van der Waals surface area contributed by atoms with Gasteiger partial charge in [-0.15, -0.1) is 0 Å². The van der Waals surface area contributed by atoms with Gasteiger partial charge in [-0.1, -0.05) is 19.8 Å². The van der Waals surface area contributed by atoms with E-state index in [-0.39, 0.29) is 0 Å². The standard InChI is InChI=1S/C7H14S/c1-6-4-2-3-5-7(6)8/h6-8H,2-5H2,1H3/t6-,7-/m1/s1. The van der Waals surface area contributed by atoms with Gasteiger partial charge >= 0.3 is 0 Å². The van der Waals surface area contributed by atoms with Gasteiger partial charge in [-0.3, -0.25) is 0 Å². The molecule has 8 heavy (non-hydrogen) atoms. The van der Waals surface area contributed by atoms with E-state index < -0.39 is 0 Å². The van der Waals surface area contributed by atoms with Crippen molar-refractivity contribution in [1.29, 1.82) is 0 Å². The third-order valence-electron chi connectivity index (χ3n) is 2.07. The molecule has 1 aliphatic carbocycles. The Balaban J connectivity index is 2.28. The molecule has 0 aromatic heterocycles. The lowest BCUT2D eigenvalue weighted by atomic mass is 9.90. The lowest BCUT2D eigenvalue weighted by Gasteiger charge is -2.23. The van der Waals surface area contributed by atoms with E-state index >= 15 is 0 Å². The van der Waals surface area contributed by atoms with Crippen LogP contribution in [-0.4, -0.2) is 5.25 Å². The molecule has 1 aliphatic rings. The fraction of sp³-hybridized carbons (Fsp3) is 1.00. The normalized spacial score (nSPS) is 39.8. The quantitative estimate of drug-likeness (QED) is 0.478. The highest BCUT2D eigenvalue weighted by Gasteiger charge is 2.16. The van der Waals surface area contributed by atoms with Crippen LogP contribution in [0.1, 0.15) is 32.6 Å². The van der Waals surface area contributed by atoms with Crippen LogP contribution in [0.25, 0.3) is 0 Å². The maximum Gasteiger partial charge on any atom is 0.00424 e. The molecule has 0 heterocycles. The van der Waals surface area contributed by atoms with Crippen molar-refractivity contribution in [2.24, 2.45) is 5.92 Å². The highest BCUT2D eigenvalue weighted by Crippen LogP contribution is 2.27. The van der Waals surface area contributed by atoms with Gasteiger partial charge in [0.25, 0.3) is 0 Å². The summed E-state index contributed by atoms with van der Waals surface area (Å²) in [5.41, 5.74) is 0. The molecule has 1 heteroatoms. The summed E-state index contributed by atoms with van der Waals surface area (Å²) in [4.78, 5) is 0. The number of thiol groups is 1. The first-order valence-electron chi connectivity index (χ1n) is 3.49. The first-order chi connectivity index (χ1) is 3.80. The van der Waals surface area contributed by atoms with Crippen LogP contribution in [0.5, 0.6) is 0 Å². The van der Waals surface area contributed by atoms with Crippen LogP contribution >= 0.6 is 12.6 Å². The van der Waals surface area contributed by atoms with Gasteiger partial charge in [0, 0.05) is 5.25 Å². The van der Waals surface area contributed by atoms with Crippen LogP contribution in [0, 0.1) is 5.92 Å². The van der Waals surface area contributed by atoms with Crippen LogP contribution in [0.2, 0.25) is 0 Å². The summed E-state index contributed by atoms with van der Waals surface area (Å²) in [7, 11) is 0. The summed E-state index contributed by atoms with van der Waals surface area (Å²) >= 11 is 4.46. The van der Waals surface area contributed by atoms with Crippen molar-refractivity contribution in [1.82, 2.24) is 0 Å². The molecule has 1 rings (SSSR count). The minimum Gasteiger partial charge on any atom is -0.176 e. The molecule has 48 valence electrons. The minimum atomic E-state index is 0.698. The third-order valence-corrected chi connectivity index (χ3v) is 2.83. The molecule has 0 bridgehead atoms. The van der Waals surface area contributed by atoms with E-state index in [1.807, 2.05) is 0 Å². The van der Waals surface area contributed by atoms with Gasteiger partial charge in [-0.2, -0.15) is 12.6 Å². The first-order valence-corrected chi connectivity index (χ1v) is 4.00. The fourth-order valence-electron chi connectivity index (χ4n) is 1.30. The molecule has 0 spiro atoms. The molecule has 0 aromatic carbocycles. The van der Waals surface area contributed by atoms with Crippen molar-refractivity contribution >= 4 is 12.6 Å². The topological polar surface area (TPSA) is 0 Å². The van der Waals surface area contributed by atoms with E-state index in [1.165, 1.54) is 25.7 Å². The highest BCUT2D eigenvalue weighted by atomic mass is 32.1. The summed E-state index contributed by atoms with van der Waals surface area (Å²) in [5, 5.41) is 0.698. The van der Waals surface area contributed by atoms with Crippen LogP contribution in [-0.2, 0) is 0 Å². The van der Waals surface area contributed by atoms with E-state index in [9.17, 15) is 0 Å². The van der Waals surface area contributed by atoms with Gasteiger partial charge in [0.1, 0.15) is 0 Å². The van der Waals surface area contributed by atoms with Crippen LogP contribution in [0.15, 0.2) is 0 Å². The van der Waals surface area contributed by atoms with Gasteiger partial charge < -0.3 is 0 Å². The van der Waals surface area contributed by atoms with Crippen molar-refractivity contribution in [3.63, 3.8) is 0 Å². The summed E-state index contributed by atoms with van der Waals surface area (Å²) < 4.78 is 0. The Kier molecular flexibility index (Phi) is 2.24. The largest absolute Gasteiger partial charge is 0.176 e. The lowest BCUT2D eigenvalue weighted by molar-refractivity contribution is 0.399. The van der Waals surface area contributed by atoms with E-state index in [4.69, 9.17) is 0 Å². The Morgan fingerprint density at radius 2 is 1.88 bits per heavy atom. The van der Waals surface area contributed by atoms with Gasteiger partial charge in [-0.25, -0.2) is 0 Å². The Labute approximate surface area is 57.1 Å². The molecule has 0 unspecified atom stereocenters. The predicted molar refractivity (Wildman–Crippen MR) is 40.4 cm³/mol. The van der Waals surface area contributed by atoms with Gasteiger partial charge in [0.05, 0.1) is 0 Å². The van der Waals surface area contributed by atoms with Crippen molar-refractivity contribution in [2.45, 2.75) is 37.9 Å². The molecule has 0 radical (unpaired) electrons. The number of hydrogen-bond donors (Lipinski definition) is 1. The Hall–Kier alpha value is 0.350. The zero-order chi connectivity index (χ0) is 5.98. The summed E-state index contributed by atoms with van der Waals surface area (Å²) in [6.07, 6.45) is 5.56. The number of hydrogen-bond acceptors (Lipinski definition) is 1. The van der Waals surface area contributed by atoms with E-state index in [2.05, 4.69) is 19.6 Å². The van der Waals surface area contributed by atoms with Gasteiger partial charge in [0.15, 0.2) is 0 Å². The molecular weight excluding hydrogens is 116 g/mol. The highest BCUT2D eigenvalue weighted by molar-refractivity contribution is 7.81. The average Bonchev–Trinajstić information content (AvgIpc) is 1.77. The molecule has 0 saturated heterocycles. The molecule has 2 atom stereocenters. The smallest absolute Gasteiger partial charge is 0.00424 e. The van der Waals surface area contributed by atoms with E-state index in [0.29, 0.717) is 5.25 Å². The van der Waals surface area contributed by atoms with E-state index in [0.717, 1.165) is 5.92 Å². The zero-order valence-electron chi connectivity index (χ0n) is 5.43. The minimum absolute atomic E-state index is 0.698. The monoisotopic (exact) mass is 130 g/mol. The van der Waals surface area contributed by atoms with Crippen molar-refractivity contribution in [3.05, 3.63) is 0 Å². The molecule has 0 N–H and O–H groups in total. The maximum absolute atomic E-state index is 4.46. The molecule has 0 aromatic rings. The van der Waals surface area contributed by atoms with Crippen LogP contribution < -0.4 is 0 Å². The van der Waals surface area contributed by atoms with Crippen LogP contribution in [0.3, 0.4) is 0 Å². The van der Waals surface area contributed by atoms with Crippen LogP contribution in [0.4, 0.5) is 0 Å². The molecule has 1 fully saturated rings. The predicted octanol–water partition coefficient (Wildman–Crippen LogP) is 2.49. The number of rotatable bonds is 0. The summed E-state index contributed by atoms with van der Waals surface area (Å²) in [5.74, 6) is 0.868. The van der Waals surface area contributed by atoms with Crippen molar-refractivity contribution < 1.29 is 0 Å². The maximum atomic E-state index is 4.46. The Bertz CT molecular complexity index is 60.8. The Morgan fingerprint density at radius 3 is 2.25 bits per heavy atom. The second-order valence-corrected chi connectivity index (χ2v) is 3.49. The summed E-state index contributed by atoms with van der Waals surface area (Å²) in [6, 6.07) is 0. The lowest BCUT2D eigenvalue weighted by Crippen LogP contribution is -2.15. The molecular formula is C7H14S. The van der Waals surface area contributed by atoms with Crippen molar-refractivity contribution in [3.8, 4) is 0 Å². The molecule has 1 saturated carbocycles. The second kappa shape index (κ2) is 2.77. The third kappa shape index (κ3) is 1.41. The Morgan fingerprint density at radius 1 is 1.25 bits per heavy atom. The van der Waals surface area contributed by atoms with E-state index in [1.54, 1.807) is 0 Å². The molecule has 0 aliphatic heterocycles. The average molecular weight is 130 g/mol. The first kappa shape index (κ1) is 6.47. The second-order valence-electron chi connectivity index (χ2n) is 2.83. The molecule has 0 nitrogen and oxygen atoms in total.